The van der Waals surface area contributed by atoms with Crippen LogP contribution in [0.2, 0.25) is 0 Å². The summed E-state index contributed by atoms with van der Waals surface area (Å²) in [6.45, 7) is 3.43. The number of hydrogen-bond donors (Lipinski definition) is 1. The molecule has 1 aromatic heterocycles. The van der Waals surface area contributed by atoms with Gasteiger partial charge in [0.25, 0.3) is 5.91 Å². The largest absolute Gasteiger partial charge is 0.493 e. The first-order chi connectivity index (χ1) is 19.3. The van der Waals surface area contributed by atoms with Gasteiger partial charge in [-0.3, -0.25) is 4.79 Å². The number of ether oxygens (including phenoxy) is 1. The van der Waals surface area contributed by atoms with Gasteiger partial charge in [0.05, 0.1) is 12.3 Å². The fourth-order valence-electron chi connectivity index (χ4n) is 6.74. The van der Waals surface area contributed by atoms with Crippen molar-refractivity contribution < 1.29 is 17.9 Å². The molecule has 0 spiro atoms. The van der Waals surface area contributed by atoms with Crippen molar-refractivity contribution >= 4 is 27.0 Å². The molecule has 6 rings (SSSR count). The standard InChI is InChI=1S/C31H40N4O4S/c1-33-16-8-17-34(2)40(37,38)32-31(36)24-13-14-25-27(19-24)35-20-22(15-18-33)21-39-28-12-7-6-11-26(28)30(35)29(25)23-9-4-3-5-10-23/h6-7,11-14,19,22-23H,3-5,8-10,15-18,20-21H2,1-2H3,(H,32,36). The quantitative estimate of drug-likeness (QED) is 0.450. The van der Waals surface area contributed by atoms with Gasteiger partial charge in [0.1, 0.15) is 5.75 Å². The summed E-state index contributed by atoms with van der Waals surface area (Å²) in [5, 5.41) is 1.16. The molecule has 214 valence electrons. The minimum Gasteiger partial charge on any atom is -0.493 e. The highest BCUT2D eigenvalue weighted by Crippen LogP contribution is 2.47. The van der Waals surface area contributed by atoms with Crippen LogP contribution < -0.4 is 9.46 Å². The molecule has 8 nitrogen and oxygen atoms in total. The third kappa shape index (κ3) is 5.27. The van der Waals surface area contributed by atoms with E-state index in [2.05, 4.69) is 39.4 Å². The van der Waals surface area contributed by atoms with Gasteiger partial charge < -0.3 is 14.2 Å². The Bertz CT molecular complexity index is 1510. The number of nitrogens with zero attached hydrogens (tertiary/aromatic N) is 3. The Kier molecular flexibility index (Phi) is 7.63. The smallest absolute Gasteiger partial charge is 0.303 e. The average Bonchev–Trinajstić information content (AvgIpc) is 3.25. The van der Waals surface area contributed by atoms with Crippen LogP contribution in [-0.4, -0.2) is 68.4 Å². The highest BCUT2D eigenvalue weighted by Gasteiger charge is 2.31. The van der Waals surface area contributed by atoms with Crippen LogP contribution in [0, 0.1) is 5.92 Å². The van der Waals surface area contributed by atoms with E-state index >= 15 is 0 Å². The predicted molar refractivity (Wildman–Crippen MR) is 158 cm³/mol. The number of benzene rings is 2. The molecule has 1 unspecified atom stereocenters. The number of carbonyl (C=O) groups is 1. The van der Waals surface area contributed by atoms with Crippen molar-refractivity contribution in [1.82, 2.24) is 18.5 Å². The van der Waals surface area contributed by atoms with Crippen LogP contribution in [0.5, 0.6) is 5.75 Å². The summed E-state index contributed by atoms with van der Waals surface area (Å²) in [6, 6.07) is 14.1. The van der Waals surface area contributed by atoms with Gasteiger partial charge in [-0.15, -0.1) is 0 Å². The number of nitrogens with one attached hydrogen (secondary N) is 1. The minimum absolute atomic E-state index is 0.290. The Balaban J connectivity index is 1.56. The van der Waals surface area contributed by atoms with Gasteiger partial charge in [-0.2, -0.15) is 12.7 Å². The molecular weight excluding hydrogens is 524 g/mol. The molecule has 1 atom stereocenters. The summed E-state index contributed by atoms with van der Waals surface area (Å²) in [5.41, 5.74) is 4.99. The van der Waals surface area contributed by atoms with Crippen LogP contribution in [0.3, 0.4) is 0 Å². The Hall–Kier alpha value is -2.88. The highest BCUT2D eigenvalue weighted by molar-refractivity contribution is 7.87. The van der Waals surface area contributed by atoms with Crippen LogP contribution in [0.1, 0.15) is 66.8 Å². The zero-order valence-corrected chi connectivity index (χ0v) is 24.4. The summed E-state index contributed by atoms with van der Waals surface area (Å²) < 4.78 is 38.4. The van der Waals surface area contributed by atoms with Gasteiger partial charge >= 0.3 is 10.2 Å². The molecule has 9 heteroatoms. The fraction of sp³-hybridized carbons (Fsp3) is 0.516. The van der Waals surface area contributed by atoms with E-state index in [0.29, 0.717) is 31.1 Å². The van der Waals surface area contributed by atoms with E-state index in [0.717, 1.165) is 61.1 Å². The molecule has 1 amide bonds. The molecule has 2 aromatic carbocycles. The van der Waals surface area contributed by atoms with Gasteiger partial charge in [-0.25, -0.2) is 4.72 Å². The van der Waals surface area contributed by atoms with Crippen molar-refractivity contribution in [3.05, 3.63) is 53.6 Å². The van der Waals surface area contributed by atoms with Crippen molar-refractivity contribution in [1.29, 1.82) is 0 Å². The Morgan fingerprint density at radius 2 is 1.73 bits per heavy atom. The van der Waals surface area contributed by atoms with Crippen LogP contribution in [-0.2, 0) is 16.8 Å². The number of para-hydroxylation sites is 1. The predicted octanol–water partition coefficient (Wildman–Crippen LogP) is 5.00. The van der Waals surface area contributed by atoms with Crippen LogP contribution in [0.15, 0.2) is 42.5 Å². The Morgan fingerprint density at radius 3 is 2.55 bits per heavy atom. The van der Waals surface area contributed by atoms with E-state index in [4.69, 9.17) is 4.74 Å². The highest BCUT2D eigenvalue weighted by atomic mass is 32.2. The van der Waals surface area contributed by atoms with E-state index in [1.165, 1.54) is 41.9 Å². The van der Waals surface area contributed by atoms with Crippen LogP contribution in [0.25, 0.3) is 22.2 Å². The third-order valence-corrected chi connectivity index (χ3v) is 10.4. The maximum absolute atomic E-state index is 13.3. The number of aromatic nitrogens is 1. The maximum atomic E-state index is 13.3. The van der Waals surface area contributed by atoms with Gasteiger partial charge in [0, 0.05) is 48.1 Å². The lowest BCUT2D eigenvalue weighted by atomic mass is 9.81. The molecular formula is C31H40N4O4S. The molecule has 40 heavy (non-hydrogen) atoms. The van der Waals surface area contributed by atoms with Crippen molar-refractivity contribution in [3.63, 3.8) is 0 Å². The molecule has 3 heterocycles. The zero-order valence-electron chi connectivity index (χ0n) is 23.6. The van der Waals surface area contributed by atoms with E-state index in [1.54, 1.807) is 6.07 Å². The minimum atomic E-state index is -3.94. The molecule has 1 aliphatic carbocycles. The summed E-state index contributed by atoms with van der Waals surface area (Å²) in [6.07, 6.45) is 7.65. The lowest BCUT2D eigenvalue weighted by Gasteiger charge is -2.29. The van der Waals surface area contributed by atoms with E-state index in [-0.39, 0.29) is 5.92 Å². The van der Waals surface area contributed by atoms with E-state index < -0.39 is 16.1 Å². The molecule has 1 fully saturated rings. The lowest BCUT2D eigenvalue weighted by Crippen LogP contribution is -2.42. The summed E-state index contributed by atoms with van der Waals surface area (Å²) in [4.78, 5) is 15.6. The molecule has 0 saturated heterocycles. The fourth-order valence-corrected chi connectivity index (χ4v) is 7.61. The Morgan fingerprint density at radius 1 is 0.925 bits per heavy atom. The topological polar surface area (TPSA) is 83.9 Å². The van der Waals surface area contributed by atoms with Crippen LogP contribution >= 0.6 is 0 Å². The molecule has 0 radical (unpaired) electrons. The van der Waals surface area contributed by atoms with Crippen molar-refractivity contribution in [2.45, 2.75) is 57.4 Å². The van der Waals surface area contributed by atoms with Crippen molar-refractivity contribution in [3.8, 4) is 17.0 Å². The third-order valence-electron chi connectivity index (χ3n) is 9.00. The lowest BCUT2D eigenvalue weighted by molar-refractivity contribution is 0.0979. The molecule has 2 aliphatic heterocycles. The van der Waals surface area contributed by atoms with Gasteiger partial charge in [0.2, 0.25) is 0 Å². The van der Waals surface area contributed by atoms with Gasteiger partial charge in [-0.05, 0) is 81.6 Å². The Labute approximate surface area is 237 Å². The second-order valence-electron chi connectivity index (χ2n) is 11.8. The molecule has 1 saturated carbocycles. The normalized spacial score (nSPS) is 23.4. The first-order valence-electron chi connectivity index (χ1n) is 14.7. The number of rotatable bonds is 1. The summed E-state index contributed by atoms with van der Waals surface area (Å²) in [7, 11) is -0.337. The molecule has 3 aromatic rings. The first-order valence-corrected chi connectivity index (χ1v) is 16.1. The first kappa shape index (κ1) is 27.3. The number of carbonyl (C=O) groups excluding carboxylic acids is 1. The SMILES string of the molecule is CN1CCCN(C)S(=O)(=O)NC(=O)c2ccc3c(C4CCCCC4)c4n(c3c2)CC(CC1)COc1ccccc1-4. The van der Waals surface area contributed by atoms with Crippen molar-refractivity contribution in [2.24, 2.45) is 5.92 Å². The second-order valence-corrected chi connectivity index (χ2v) is 13.6. The summed E-state index contributed by atoms with van der Waals surface area (Å²) in [5.74, 6) is 1.03. The average molecular weight is 565 g/mol. The molecule has 1 N–H and O–H groups in total. The van der Waals surface area contributed by atoms with Gasteiger partial charge in [-0.1, -0.05) is 37.5 Å². The number of amides is 1. The summed E-state index contributed by atoms with van der Waals surface area (Å²) >= 11 is 0. The van der Waals surface area contributed by atoms with E-state index in [9.17, 15) is 13.2 Å². The maximum Gasteiger partial charge on any atom is 0.303 e. The monoisotopic (exact) mass is 564 g/mol. The second kappa shape index (κ2) is 11.2. The van der Waals surface area contributed by atoms with Gasteiger partial charge in [0.15, 0.2) is 0 Å². The van der Waals surface area contributed by atoms with Crippen molar-refractivity contribution in [2.75, 3.05) is 40.3 Å². The van der Waals surface area contributed by atoms with Crippen LogP contribution in [0.4, 0.5) is 0 Å². The molecule has 3 aliphatic rings. The number of hydrogen-bond acceptors (Lipinski definition) is 5. The molecule has 4 bridgehead atoms. The number of fused-ring (bicyclic) bond motifs is 4. The van der Waals surface area contributed by atoms with E-state index in [1.807, 2.05) is 18.2 Å². The zero-order chi connectivity index (χ0) is 27.9.